The van der Waals surface area contributed by atoms with Crippen LogP contribution < -0.4 is 15.2 Å². The molecular formula is C29H24N2O5. The number of primary amides is 1. The Bertz CT molecular complexity index is 1610. The second-order valence-corrected chi connectivity index (χ2v) is 8.55. The molecule has 3 N–H and O–H groups in total. The van der Waals surface area contributed by atoms with Crippen molar-refractivity contribution in [1.82, 2.24) is 4.57 Å². The summed E-state index contributed by atoms with van der Waals surface area (Å²) in [6.45, 7) is 1.90. The maximum atomic E-state index is 12.4. The number of ether oxygens (including phenoxy) is 2. The van der Waals surface area contributed by atoms with Crippen LogP contribution in [-0.4, -0.2) is 28.2 Å². The lowest BCUT2D eigenvalue weighted by atomic mass is 10.0. The van der Waals surface area contributed by atoms with Crippen LogP contribution in [0.1, 0.15) is 21.5 Å². The van der Waals surface area contributed by atoms with Crippen molar-refractivity contribution in [1.29, 1.82) is 0 Å². The van der Waals surface area contributed by atoms with Gasteiger partial charge in [0.2, 0.25) is 5.91 Å². The zero-order valence-corrected chi connectivity index (χ0v) is 19.6. The zero-order valence-electron chi connectivity index (χ0n) is 19.6. The van der Waals surface area contributed by atoms with Crippen LogP contribution >= 0.6 is 0 Å². The Labute approximate surface area is 207 Å². The maximum absolute atomic E-state index is 12.4. The van der Waals surface area contributed by atoms with Crippen molar-refractivity contribution in [2.45, 2.75) is 13.5 Å². The van der Waals surface area contributed by atoms with E-state index in [2.05, 4.69) is 4.57 Å². The lowest BCUT2D eigenvalue weighted by Crippen LogP contribution is -2.11. The Morgan fingerprint density at radius 2 is 1.61 bits per heavy atom. The van der Waals surface area contributed by atoms with Crippen LogP contribution in [0.5, 0.6) is 17.2 Å². The van der Waals surface area contributed by atoms with Gasteiger partial charge >= 0.3 is 5.97 Å². The first-order valence-corrected chi connectivity index (χ1v) is 11.4. The number of nitrogens with two attached hydrogens (primary N) is 1. The van der Waals surface area contributed by atoms with Crippen molar-refractivity contribution in [2.75, 3.05) is 6.61 Å². The molecule has 0 saturated carbocycles. The minimum atomic E-state index is -1.08. The van der Waals surface area contributed by atoms with Crippen molar-refractivity contribution < 1.29 is 24.2 Å². The SMILES string of the molecule is Cc1cc(OCC(=O)O)c2c3c(C(N)=O)cccc3n(Cc3cccc(Oc4ccccc4)c3)c2c1. The number of para-hydroxylation sites is 1. The molecule has 7 nitrogen and oxygen atoms in total. The van der Waals surface area contributed by atoms with Crippen LogP contribution in [0.15, 0.2) is 84.9 Å². The molecular weight excluding hydrogens is 456 g/mol. The smallest absolute Gasteiger partial charge is 0.341 e. The van der Waals surface area contributed by atoms with Gasteiger partial charge in [0.25, 0.3) is 0 Å². The largest absolute Gasteiger partial charge is 0.481 e. The summed E-state index contributed by atoms with van der Waals surface area (Å²) in [5.41, 5.74) is 9.57. The minimum Gasteiger partial charge on any atom is -0.481 e. The molecule has 1 amide bonds. The van der Waals surface area contributed by atoms with Gasteiger partial charge in [-0.25, -0.2) is 4.79 Å². The summed E-state index contributed by atoms with van der Waals surface area (Å²) in [5, 5.41) is 10.5. The van der Waals surface area contributed by atoms with Crippen molar-refractivity contribution in [3.63, 3.8) is 0 Å². The minimum absolute atomic E-state index is 0.349. The van der Waals surface area contributed by atoms with Gasteiger partial charge in [0.15, 0.2) is 6.61 Å². The van der Waals surface area contributed by atoms with Crippen LogP contribution in [0.4, 0.5) is 0 Å². The molecule has 0 aliphatic carbocycles. The molecule has 0 spiro atoms. The quantitative estimate of drug-likeness (QED) is 0.305. The monoisotopic (exact) mass is 480 g/mol. The average Bonchev–Trinajstić information content (AvgIpc) is 3.16. The van der Waals surface area contributed by atoms with Crippen LogP contribution in [0, 0.1) is 6.92 Å². The number of benzene rings is 4. The lowest BCUT2D eigenvalue weighted by molar-refractivity contribution is -0.139. The summed E-state index contributed by atoms with van der Waals surface area (Å²) in [4.78, 5) is 23.6. The molecule has 5 aromatic rings. The van der Waals surface area contributed by atoms with Crippen LogP contribution in [0.3, 0.4) is 0 Å². The molecule has 1 heterocycles. The summed E-state index contributed by atoms with van der Waals surface area (Å²) in [6.07, 6.45) is 0. The summed E-state index contributed by atoms with van der Waals surface area (Å²) < 4.78 is 13.8. The Hall–Kier alpha value is -4.78. The second-order valence-electron chi connectivity index (χ2n) is 8.55. The van der Waals surface area contributed by atoms with E-state index < -0.39 is 18.5 Å². The van der Waals surface area contributed by atoms with E-state index in [1.54, 1.807) is 18.2 Å². The number of carboxylic acid groups (broad SMARTS) is 1. The van der Waals surface area contributed by atoms with Crippen LogP contribution in [0.25, 0.3) is 21.8 Å². The summed E-state index contributed by atoms with van der Waals surface area (Å²) in [5.74, 6) is 0.194. The van der Waals surface area contributed by atoms with E-state index in [4.69, 9.17) is 15.2 Å². The fourth-order valence-electron chi connectivity index (χ4n) is 4.50. The van der Waals surface area contributed by atoms with E-state index in [-0.39, 0.29) is 0 Å². The number of hydrogen-bond donors (Lipinski definition) is 2. The Morgan fingerprint density at radius 3 is 2.36 bits per heavy atom. The molecule has 5 rings (SSSR count). The van der Waals surface area contributed by atoms with Crippen molar-refractivity contribution in [3.8, 4) is 17.2 Å². The van der Waals surface area contributed by atoms with Crippen molar-refractivity contribution >= 4 is 33.7 Å². The van der Waals surface area contributed by atoms with Gasteiger partial charge in [-0.1, -0.05) is 36.4 Å². The number of nitrogens with zero attached hydrogens (tertiary/aromatic N) is 1. The summed E-state index contributed by atoms with van der Waals surface area (Å²) >= 11 is 0. The first-order chi connectivity index (χ1) is 17.4. The highest BCUT2D eigenvalue weighted by atomic mass is 16.5. The number of aryl methyl sites for hydroxylation is 1. The van der Waals surface area contributed by atoms with Gasteiger partial charge in [-0.15, -0.1) is 0 Å². The molecule has 36 heavy (non-hydrogen) atoms. The molecule has 0 atom stereocenters. The number of fused-ring (bicyclic) bond motifs is 3. The highest BCUT2D eigenvalue weighted by Gasteiger charge is 2.21. The van der Waals surface area contributed by atoms with Crippen molar-refractivity contribution in [2.24, 2.45) is 5.73 Å². The molecule has 7 heteroatoms. The fourth-order valence-corrected chi connectivity index (χ4v) is 4.50. The number of carboxylic acids is 1. The van der Waals surface area contributed by atoms with Gasteiger partial charge in [0, 0.05) is 17.5 Å². The third kappa shape index (κ3) is 4.46. The number of aliphatic carboxylic acids is 1. The molecule has 0 bridgehead atoms. The summed E-state index contributed by atoms with van der Waals surface area (Å²) in [7, 11) is 0. The number of aromatic nitrogens is 1. The standard InChI is InChI=1S/C29H24N2O5/c1-18-13-24-28(25(14-18)35-17-26(32)33)27-22(29(30)34)11-6-12-23(27)31(24)16-19-7-5-10-21(15-19)36-20-8-3-2-4-9-20/h2-15H,16-17H2,1H3,(H2,30,34)(H,32,33). The topological polar surface area (TPSA) is 104 Å². The molecule has 1 aromatic heterocycles. The first-order valence-electron chi connectivity index (χ1n) is 11.4. The predicted molar refractivity (Wildman–Crippen MR) is 138 cm³/mol. The molecule has 180 valence electrons. The number of carbonyl (C=O) groups excluding carboxylic acids is 1. The molecule has 0 saturated heterocycles. The van der Waals surface area contributed by atoms with E-state index in [0.717, 1.165) is 27.9 Å². The molecule has 0 radical (unpaired) electrons. The molecule has 0 unspecified atom stereocenters. The van der Waals surface area contributed by atoms with Gasteiger partial charge in [0.05, 0.1) is 16.4 Å². The first kappa shape index (κ1) is 23.0. The Morgan fingerprint density at radius 1 is 0.861 bits per heavy atom. The average molecular weight is 481 g/mol. The zero-order chi connectivity index (χ0) is 25.2. The number of rotatable bonds is 8. The lowest BCUT2D eigenvalue weighted by Gasteiger charge is -2.12. The molecule has 0 aliphatic heterocycles. The van der Waals surface area contributed by atoms with Gasteiger partial charge in [-0.2, -0.15) is 0 Å². The number of carbonyl (C=O) groups is 2. The second kappa shape index (κ2) is 9.46. The van der Waals surface area contributed by atoms with Gasteiger partial charge < -0.3 is 24.9 Å². The van der Waals surface area contributed by atoms with Crippen molar-refractivity contribution in [3.05, 3.63) is 102 Å². The van der Waals surface area contributed by atoms with E-state index in [1.807, 2.05) is 73.7 Å². The van der Waals surface area contributed by atoms with Gasteiger partial charge in [-0.05, 0) is 66.6 Å². The van der Waals surface area contributed by atoms with Crippen LogP contribution in [-0.2, 0) is 11.3 Å². The maximum Gasteiger partial charge on any atom is 0.341 e. The fraction of sp³-hybridized carbons (Fsp3) is 0.103. The highest BCUT2D eigenvalue weighted by Crippen LogP contribution is 2.39. The third-order valence-electron chi connectivity index (χ3n) is 5.93. The van der Waals surface area contributed by atoms with E-state index in [0.29, 0.717) is 34.4 Å². The normalized spacial score (nSPS) is 11.0. The van der Waals surface area contributed by atoms with Gasteiger partial charge in [-0.3, -0.25) is 4.79 Å². The molecule has 0 aliphatic rings. The number of amides is 1. The van der Waals surface area contributed by atoms with E-state index in [1.165, 1.54) is 0 Å². The van der Waals surface area contributed by atoms with Gasteiger partial charge in [0.1, 0.15) is 17.2 Å². The molecule has 4 aromatic carbocycles. The van der Waals surface area contributed by atoms with Crippen LogP contribution in [0.2, 0.25) is 0 Å². The third-order valence-corrected chi connectivity index (χ3v) is 5.93. The Kier molecular flexibility index (Phi) is 6.04. The van der Waals surface area contributed by atoms with E-state index >= 15 is 0 Å². The highest BCUT2D eigenvalue weighted by molar-refractivity contribution is 6.19. The summed E-state index contributed by atoms with van der Waals surface area (Å²) in [6, 6.07) is 26.5. The predicted octanol–water partition coefficient (Wildman–Crippen LogP) is 5.51. The number of hydrogen-bond acceptors (Lipinski definition) is 4. The van der Waals surface area contributed by atoms with E-state index in [9.17, 15) is 14.7 Å². The molecule has 0 fully saturated rings. The Balaban J connectivity index is 1.66.